The Kier molecular flexibility index (Phi) is 4.74. The molecule has 0 saturated heterocycles. The van der Waals surface area contributed by atoms with Crippen LogP contribution >= 0.6 is 0 Å². The van der Waals surface area contributed by atoms with Gasteiger partial charge in [-0.05, 0) is 39.0 Å². The van der Waals surface area contributed by atoms with Crippen LogP contribution in [0.2, 0.25) is 0 Å². The number of sulfonamides is 1. The number of hydrogen-bond donors (Lipinski definition) is 2. The molecular formula is C12H17NO6S. The van der Waals surface area contributed by atoms with Crippen molar-refractivity contribution in [1.29, 1.82) is 0 Å². The largest absolute Gasteiger partial charge is 0.495 e. The number of nitrogens with one attached hydrogen (secondary N) is 1. The fourth-order valence-electron chi connectivity index (χ4n) is 1.25. The average Bonchev–Trinajstić information content (AvgIpc) is 2.35. The van der Waals surface area contributed by atoms with Crippen LogP contribution in [-0.4, -0.2) is 32.2 Å². The van der Waals surface area contributed by atoms with Crippen LogP contribution in [0.3, 0.4) is 0 Å². The van der Waals surface area contributed by atoms with Crippen LogP contribution in [0, 0.1) is 0 Å². The highest BCUT2D eigenvalue weighted by molar-refractivity contribution is 7.89. The van der Waals surface area contributed by atoms with Gasteiger partial charge in [0.15, 0.2) is 0 Å². The molecule has 0 atom stereocenters. The van der Waals surface area contributed by atoms with E-state index in [-0.39, 0.29) is 16.2 Å². The van der Waals surface area contributed by atoms with Gasteiger partial charge >= 0.3 is 5.97 Å². The monoisotopic (exact) mass is 303 g/mol. The molecule has 0 radical (unpaired) electrons. The van der Waals surface area contributed by atoms with E-state index in [1.54, 1.807) is 20.8 Å². The molecule has 8 heteroatoms. The van der Waals surface area contributed by atoms with Crippen molar-refractivity contribution in [1.82, 2.24) is 4.89 Å². The van der Waals surface area contributed by atoms with E-state index >= 15 is 0 Å². The minimum Gasteiger partial charge on any atom is -0.495 e. The Labute approximate surface area is 117 Å². The SMILES string of the molecule is COc1cc(C(=O)O)ccc1S(=O)(=O)NOC(C)(C)C. The summed E-state index contributed by atoms with van der Waals surface area (Å²) in [7, 11) is -2.71. The van der Waals surface area contributed by atoms with Crippen LogP contribution < -0.4 is 9.62 Å². The summed E-state index contributed by atoms with van der Waals surface area (Å²) in [6.45, 7) is 5.04. The van der Waals surface area contributed by atoms with E-state index in [4.69, 9.17) is 14.7 Å². The highest BCUT2D eigenvalue weighted by atomic mass is 32.2. The number of benzene rings is 1. The Balaban J connectivity index is 3.15. The summed E-state index contributed by atoms with van der Waals surface area (Å²) < 4.78 is 29.1. The van der Waals surface area contributed by atoms with E-state index in [0.29, 0.717) is 0 Å². The average molecular weight is 303 g/mol. The van der Waals surface area contributed by atoms with E-state index < -0.39 is 21.6 Å². The van der Waals surface area contributed by atoms with Gasteiger partial charge in [-0.25, -0.2) is 13.2 Å². The summed E-state index contributed by atoms with van der Waals surface area (Å²) in [5.74, 6) is -1.25. The smallest absolute Gasteiger partial charge is 0.335 e. The lowest BCUT2D eigenvalue weighted by Gasteiger charge is -2.19. The molecule has 112 valence electrons. The van der Waals surface area contributed by atoms with Crippen molar-refractivity contribution in [2.45, 2.75) is 31.3 Å². The van der Waals surface area contributed by atoms with E-state index in [9.17, 15) is 13.2 Å². The van der Waals surface area contributed by atoms with Gasteiger partial charge in [-0.3, -0.25) is 4.84 Å². The lowest BCUT2D eigenvalue weighted by molar-refractivity contribution is -0.0358. The number of rotatable bonds is 5. The molecule has 1 aromatic rings. The minimum absolute atomic E-state index is 0.0717. The zero-order valence-electron chi connectivity index (χ0n) is 11.6. The fraction of sp³-hybridized carbons (Fsp3) is 0.417. The summed E-state index contributed by atoms with van der Waals surface area (Å²) in [5, 5.41) is 8.86. The molecule has 0 fully saturated rings. The second kappa shape index (κ2) is 5.78. The first-order valence-electron chi connectivity index (χ1n) is 5.68. The number of carboxylic acid groups (broad SMARTS) is 1. The highest BCUT2D eigenvalue weighted by Gasteiger charge is 2.23. The van der Waals surface area contributed by atoms with Crippen LogP contribution in [0.5, 0.6) is 5.75 Å². The summed E-state index contributed by atoms with van der Waals surface area (Å²) in [5.41, 5.74) is -0.779. The minimum atomic E-state index is -3.97. The molecular weight excluding hydrogens is 286 g/mol. The zero-order valence-corrected chi connectivity index (χ0v) is 12.4. The van der Waals surface area contributed by atoms with Crippen LogP contribution in [0.4, 0.5) is 0 Å². The van der Waals surface area contributed by atoms with Gasteiger partial charge in [0.1, 0.15) is 10.6 Å². The van der Waals surface area contributed by atoms with Crippen LogP contribution in [-0.2, 0) is 14.9 Å². The third-order valence-electron chi connectivity index (χ3n) is 2.16. The first-order chi connectivity index (χ1) is 9.07. The van der Waals surface area contributed by atoms with Crippen molar-refractivity contribution in [2.75, 3.05) is 7.11 Å². The van der Waals surface area contributed by atoms with Crippen molar-refractivity contribution < 1.29 is 27.9 Å². The lowest BCUT2D eigenvalue weighted by Crippen LogP contribution is -2.33. The third kappa shape index (κ3) is 4.19. The van der Waals surface area contributed by atoms with Gasteiger partial charge in [-0.15, -0.1) is 0 Å². The zero-order chi connectivity index (χ0) is 15.6. The molecule has 0 aromatic heterocycles. The molecule has 1 aromatic carbocycles. The van der Waals surface area contributed by atoms with Gasteiger partial charge in [-0.2, -0.15) is 0 Å². The maximum atomic E-state index is 12.1. The summed E-state index contributed by atoms with van der Waals surface area (Å²) in [4.78, 5) is 17.6. The first-order valence-corrected chi connectivity index (χ1v) is 7.16. The highest BCUT2D eigenvalue weighted by Crippen LogP contribution is 2.25. The van der Waals surface area contributed by atoms with Crippen molar-refractivity contribution in [2.24, 2.45) is 0 Å². The Morgan fingerprint density at radius 3 is 2.35 bits per heavy atom. The standard InChI is InChI=1S/C12H17NO6S/c1-12(2,3)19-13-20(16,17)10-6-5-8(11(14)15)7-9(10)18-4/h5-7,13H,1-4H3,(H,14,15). The quantitative estimate of drug-likeness (QED) is 0.797. The summed E-state index contributed by atoms with van der Waals surface area (Å²) >= 11 is 0. The molecule has 20 heavy (non-hydrogen) atoms. The number of ether oxygens (including phenoxy) is 1. The Morgan fingerprint density at radius 2 is 1.90 bits per heavy atom. The lowest BCUT2D eigenvalue weighted by atomic mass is 10.2. The molecule has 0 amide bonds. The Hall–Kier alpha value is -1.64. The second-order valence-corrected chi connectivity index (χ2v) is 6.59. The van der Waals surface area contributed by atoms with Crippen LogP contribution in [0.1, 0.15) is 31.1 Å². The number of carbonyl (C=O) groups is 1. The molecule has 0 unspecified atom stereocenters. The maximum absolute atomic E-state index is 12.1. The van der Waals surface area contributed by atoms with E-state index in [1.165, 1.54) is 13.2 Å². The first kappa shape index (κ1) is 16.4. The van der Waals surface area contributed by atoms with Crippen LogP contribution in [0.15, 0.2) is 23.1 Å². The molecule has 0 spiro atoms. The molecule has 1 rings (SSSR count). The van der Waals surface area contributed by atoms with Crippen molar-refractivity contribution >= 4 is 16.0 Å². The van der Waals surface area contributed by atoms with E-state index in [2.05, 4.69) is 0 Å². The molecule has 0 aliphatic heterocycles. The Morgan fingerprint density at radius 1 is 1.30 bits per heavy atom. The van der Waals surface area contributed by atoms with Crippen molar-refractivity contribution in [3.05, 3.63) is 23.8 Å². The number of aromatic carboxylic acids is 1. The predicted octanol–water partition coefficient (Wildman–Crippen LogP) is 1.40. The van der Waals surface area contributed by atoms with Gasteiger partial charge in [0, 0.05) is 0 Å². The third-order valence-corrected chi connectivity index (χ3v) is 3.38. The number of hydrogen-bond acceptors (Lipinski definition) is 5. The van der Waals surface area contributed by atoms with Crippen molar-refractivity contribution in [3.8, 4) is 5.75 Å². The van der Waals surface area contributed by atoms with E-state index in [0.717, 1.165) is 12.1 Å². The van der Waals surface area contributed by atoms with Gasteiger partial charge in [0.2, 0.25) is 0 Å². The normalized spacial score (nSPS) is 12.2. The van der Waals surface area contributed by atoms with Gasteiger partial charge < -0.3 is 9.84 Å². The predicted molar refractivity (Wildman–Crippen MR) is 71.1 cm³/mol. The summed E-state index contributed by atoms with van der Waals surface area (Å²) in [6, 6.07) is 3.46. The van der Waals surface area contributed by atoms with E-state index in [1.807, 2.05) is 4.89 Å². The van der Waals surface area contributed by atoms with Crippen LogP contribution in [0.25, 0.3) is 0 Å². The maximum Gasteiger partial charge on any atom is 0.335 e. The van der Waals surface area contributed by atoms with Gasteiger partial charge in [0.25, 0.3) is 10.0 Å². The molecule has 0 aliphatic rings. The Bertz CT molecular complexity index is 603. The topological polar surface area (TPSA) is 102 Å². The molecule has 0 heterocycles. The van der Waals surface area contributed by atoms with Gasteiger partial charge in [-0.1, -0.05) is 4.89 Å². The molecule has 7 nitrogen and oxygen atoms in total. The fourth-order valence-corrected chi connectivity index (χ4v) is 2.35. The summed E-state index contributed by atoms with van der Waals surface area (Å²) in [6.07, 6.45) is 0. The molecule has 0 bridgehead atoms. The number of carboxylic acids is 1. The molecule has 0 aliphatic carbocycles. The number of methoxy groups -OCH3 is 1. The van der Waals surface area contributed by atoms with Crippen molar-refractivity contribution in [3.63, 3.8) is 0 Å². The molecule has 0 saturated carbocycles. The van der Waals surface area contributed by atoms with Gasteiger partial charge in [0.05, 0.1) is 18.3 Å². The second-order valence-electron chi connectivity index (χ2n) is 4.97. The molecule has 2 N–H and O–H groups in total.